The highest BCUT2D eigenvalue weighted by molar-refractivity contribution is 5.80. The first kappa shape index (κ1) is 9.25. The second kappa shape index (κ2) is 4.25. The Hall–Kier alpha value is -1.84. The summed E-state index contributed by atoms with van der Waals surface area (Å²) in [6, 6.07) is 6.63. The quantitative estimate of drug-likeness (QED) is 0.678. The Balaban J connectivity index is 2.75. The lowest BCUT2D eigenvalue weighted by molar-refractivity contribution is -0.119. The van der Waals surface area contributed by atoms with Gasteiger partial charge in [0.05, 0.1) is 5.56 Å². The van der Waals surface area contributed by atoms with E-state index in [0.29, 0.717) is 17.6 Å². The predicted octanol–water partition coefficient (Wildman–Crippen LogP) is 0.363. The van der Waals surface area contributed by atoms with E-state index < -0.39 is 5.91 Å². The third-order valence-corrected chi connectivity index (χ3v) is 1.42. The molecule has 0 aromatic heterocycles. The van der Waals surface area contributed by atoms with Gasteiger partial charge in [0.2, 0.25) is 0 Å². The molecule has 0 atom stereocenters. The maximum absolute atomic E-state index is 10.5. The van der Waals surface area contributed by atoms with Gasteiger partial charge in [-0.05, 0) is 12.1 Å². The number of benzene rings is 1. The highest BCUT2D eigenvalue weighted by atomic mass is 16.5. The fourth-order valence-electron chi connectivity index (χ4n) is 0.858. The molecule has 1 aromatic rings. The third kappa shape index (κ3) is 2.59. The average Bonchev–Trinajstić information content (AvgIpc) is 2.15. The van der Waals surface area contributed by atoms with Crippen LogP contribution in [0.5, 0.6) is 5.75 Å². The van der Waals surface area contributed by atoms with E-state index >= 15 is 0 Å². The molecular weight excluding hydrogens is 170 g/mol. The van der Waals surface area contributed by atoms with Gasteiger partial charge < -0.3 is 10.5 Å². The van der Waals surface area contributed by atoms with E-state index in [9.17, 15) is 9.59 Å². The van der Waals surface area contributed by atoms with Crippen molar-refractivity contribution in [3.05, 3.63) is 29.8 Å². The molecule has 0 radical (unpaired) electrons. The van der Waals surface area contributed by atoms with Crippen molar-refractivity contribution in [3.8, 4) is 5.75 Å². The minimum atomic E-state index is -0.569. The molecule has 0 saturated carbocycles. The Morgan fingerprint density at radius 1 is 1.46 bits per heavy atom. The van der Waals surface area contributed by atoms with Gasteiger partial charge in [-0.1, -0.05) is 12.1 Å². The summed E-state index contributed by atoms with van der Waals surface area (Å²) in [6.07, 6.45) is 0.663. The van der Waals surface area contributed by atoms with Gasteiger partial charge in [0.15, 0.2) is 12.9 Å². The number of aldehydes is 1. The second-order valence-corrected chi connectivity index (χ2v) is 2.41. The molecule has 13 heavy (non-hydrogen) atoms. The molecule has 1 rings (SSSR count). The number of carbonyl (C=O) groups excluding carboxylic acids is 2. The van der Waals surface area contributed by atoms with Crippen molar-refractivity contribution in [3.63, 3.8) is 0 Å². The van der Waals surface area contributed by atoms with Gasteiger partial charge in [-0.3, -0.25) is 9.59 Å². The number of carbonyl (C=O) groups is 2. The van der Waals surface area contributed by atoms with Gasteiger partial charge >= 0.3 is 0 Å². The van der Waals surface area contributed by atoms with Crippen molar-refractivity contribution in [2.24, 2.45) is 5.73 Å². The van der Waals surface area contributed by atoms with Crippen LogP contribution < -0.4 is 10.5 Å². The van der Waals surface area contributed by atoms with E-state index in [2.05, 4.69) is 0 Å². The molecule has 0 heterocycles. The number of rotatable bonds is 4. The zero-order valence-corrected chi connectivity index (χ0v) is 6.90. The molecular formula is C9H9NO3. The zero-order valence-electron chi connectivity index (χ0n) is 6.90. The number of amides is 1. The molecule has 0 aliphatic carbocycles. The first-order chi connectivity index (χ1) is 6.24. The van der Waals surface area contributed by atoms with Crippen molar-refractivity contribution in [2.45, 2.75) is 0 Å². The molecule has 0 fully saturated rings. The first-order valence-corrected chi connectivity index (χ1v) is 3.69. The molecule has 0 unspecified atom stereocenters. The summed E-state index contributed by atoms with van der Waals surface area (Å²) in [4.78, 5) is 20.9. The summed E-state index contributed by atoms with van der Waals surface area (Å²) in [5.74, 6) is -0.197. The van der Waals surface area contributed by atoms with Crippen LogP contribution in [0.4, 0.5) is 0 Å². The van der Waals surface area contributed by atoms with E-state index in [1.54, 1.807) is 24.3 Å². The zero-order chi connectivity index (χ0) is 9.68. The summed E-state index contributed by atoms with van der Waals surface area (Å²) in [7, 11) is 0. The third-order valence-electron chi connectivity index (χ3n) is 1.42. The number of para-hydroxylation sites is 1. The van der Waals surface area contributed by atoms with Gasteiger partial charge in [0.25, 0.3) is 5.91 Å². The Kier molecular flexibility index (Phi) is 3.03. The molecule has 4 heteroatoms. The predicted molar refractivity (Wildman–Crippen MR) is 46.5 cm³/mol. The topological polar surface area (TPSA) is 69.4 Å². The maximum atomic E-state index is 10.5. The van der Waals surface area contributed by atoms with Crippen LogP contribution in [0.1, 0.15) is 10.4 Å². The van der Waals surface area contributed by atoms with Crippen molar-refractivity contribution in [2.75, 3.05) is 6.61 Å². The van der Waals surface area contributed by atoms with Crippen LogP contribution in [0.2, 0.25) is 0 Å². The van der Waals surface area contributed by atoms with E-state index in [-0.39, 0.29) is 6.61 Å². The Morgan fingerprint density at radius 2 is 2.15 bits per heavy atom. The molecule has 1 aromatic carbocycles. The Labute approximate surface area is 75.3 Å². The average molecular weight is 179 g/mol. The summed E-state index contributed by atoms with van der Waals surface area (Å²) < 4.78 is 4.98. The molecule has 0 saturated heterocycles. The van der Waals surface area contributed by atoms with Crippen molar-refractivity contribution in [1.82, 2.24) is 0 Å². The molecule has 0 bridgehead atoms. The molecule has 0 aliphatic rings. The van der Waals surface area contributed by atoms with E-state index in [4.69, 9.17) is 10.5 Å². The largest absolute Gasteiger partial charge is 0.483 e. The lowest BCUT2D eigenvalue weighted by Gasteiger charge is -2.04. The molecule has 0 spiro atoms. The normalized spacial score (nSPS) is 9.23. The van der Waals surface area contributed by atoms with Gasteiger partial charge in [0.1, 0.15) is 5.75 Å². The van der Waals surface area contributed by atoms with E-state index in [0.717, 1.165) is 0 Å². The fraction of sp³-hybridized carbons (Fsp3) is 0.111. The standard InChI is InChI=1S/C9H9NO3/c10-9(12)6-13-8-4-2-1-3-7(8)5-11/h1-5H,6H2,(H2,10,12). The molecule has 4 nitrogen and oxygen atoms in total. The lowest BCUT2D eigenvalue weighted by atomic mass is 10.2. The number of nitrogens with two attached hydrogens (primary N) is 1. The SMILES string of the molecule is NC(=O)COc1ccccc1C=O. The molecule has 68 valence electrons. The summed E-state index contributed by atoms with van der Waals surface area (Å²) in [5.41, 5.74) is 5.29. The maximum Gasteiger partial charge on any atom is 0.255 e. The van der Waals surface area contributed by atoms with E-state index in [1.165, 1.54) is 0 Å². The van der Waals surface area contributed by atoms with Gasteiger partial charge in [-0.25, -0.2) is 0 Å². The van der Waals surface area contributed by atoms with Gasteiger partial charge in [0, 0.05) is 0 Å². The molecule has 2 N–H and O–H groups in total. The Bertz CT molecular complexity index is 322. The van der Waals surface area contributed by atoms with Gasteiger partial charge in [-0.15, -0.1) is 0 Å². The number of hydrogen-bond donors (Lipinski definition) is 1. The van der Waals surface area contributed by atoms with Crippen molar-refractivity contribution < 1.29 is 14.3 Å². The fourth-order valence-corrected chi connectivity index (χ4v) is 0.858. The van der Waals surface area contributed by atoms with Crippen LogP contribution in [0.15, 0.2) is 24.3 Å². The first-order valence-electron chi connectivity index (χ1n) is 3.69. The summed E-state index contributed by atoms with van der Waals surface area (Å²) in [5, 5.41) is 0. The van der Waals surface area contributed by atoms with Crippen LogP contribution in [-0.2, 0) is 4.79 Å². The monoisotopic (exact) mass is 179 g/mol. The van der Waals surface area contributed by atoms with Gasteiger partial charge in [-0.2, -0.15) is 0 Å². The summed E-state index contributed by atoms with van der Waals surface area (Å²) in [6.45, 7) is -0.217. The van der Waals surface area contributed by atoms with E-state index in [1.807, 2.05) is 0 Å². The minimum absolute atomic E-state index is 0.217. The van der Waals surface area contributed by atoms with Crippen LogP contribution >= 0.6 is 0 Å². The number of ether oxygens (including phenoxy) is 1. The van der Waals surface area contributed by atoms with Crippen LogP contribution in [0.3, 0.4) is 0 Å². The Morgan fingerprint density at radius 3 is 2.77 bits per heavy atom. The molecule has 0 aliphatic heterocycles. The summed E-state index contributed by atoms with van der Waals surface area (Å²) >= 11 is 0. The molecule has 1 amide bonds. The number of hydrogen-bond acceptors (Lipinski definition) is 3. The van der Waals surface area contributed by atoms with Crippen molar-refractivity contribution >= 4 is 12.2 Å². The lowest BCUT2D eigenvalue weighted by Crippen LogP contribution is -2.20. The van der Waals surface area contributed by atoms with Crippen LogP contribution in [0.25, 0.3) is 0 Å². The number of primary amides is 1. The minimum Gasteiger partial charge on any atom is -0.483 e. The van der Waals surface area contributed by atoms with Crippen LogP contribution in [-0.4, -0.2) is 18.8 Å². The van der Waals surface area contributed by atoms with Crippen molar-refractivity contribution in [1.29, 1.82) is 0 Å². The smallest absolute Gasteiger partial charge is 0.255 e. The second-order valence-electron chi connectivity index (χ2n) is 2.41. The highest BCUT2D eigenvalue weighted by Gasteiger charge is 2.02. The highest BCUT2D eigenvalue weighted by Crippen LogP contribution is 2.14. The van der Waals surface area contributed by atoms with Crippen LogP contribution in [0, 0.1) is 0 Å².